The van der Waals surface area contributed by atoms with Gasteiger partial charge in [0, 0.05) is 18.5 Å². The first kappa shape index (κ1) is 16.0. The molecule has 23 heavy (non-hydrogen) atoms. The second kappa shape index (κ2) is 7.11. The van der Waals surface area contributed by atoms with E-state index < -0.39 is 6.10 Å². The van der Waals surface area contributed by atoms with Crippen LogP contribution in [0, 0.1) is 5.92 Å². The lowest BCUT2D eigenvalue weighted by Gasteiger charge is -2.27. The van der Waals surface area contributed by atoms with E-state index in [1.165, 1.54) is 0 Å². The summed E-state index contributed by atoms with van der Waals surface area (Å²) in [5.74, 6) is 0.105. The van der Waals surface area contributed by atoms with Gasteiger partial charge in [-0.05, 0) is 48.7 Å². The maximum absolute atomic E-state index is 12.2. The molecule has 3 N–H and O–H groups in total. The van der Waals surface area contributed by atoms with Crippen LogP contribution in [0.2, 0.25) is 0 Å². The molecule has 2 aromatic rings. The van der Waals surface area contributed by atoms with E-state index >= 15 is 0 Å². The standard InChI is InChI=1S/C19H24N2O2/c1-13-10-17(8-9-20-13)19(23)21-12-18(22)16-7-6-14-4-2-3-5-15(14)11-16/h2-7,11,13,17-18,20,22H,8-10,12H2,1H3,(H,21,23)/t13-,17-,18?/m0/s1. The third-order valence-corrected chi connectivity index (χ3v) is 4.62. The van der Waals surface area contributed by atoms with Gasteiger partial charge in [-0.2, -0.15) is 0 Å². The van der Waals surface area contributed by atoms with Gasteiger partial charge in [0.15, 0.2) is 0 Å². The summed E-state index contributed by atoms with van der Waals surface area (Å²) >= 11 is 0. The van der Waals surface area contributed by atoms with Gasteiger partial charge in [-0.1, -0.05) is 36.4 Å². The van der Waals surface area contributed by atoms with Crippen LogP contribution in [-0.4, -0.2) is 30.1 Å². The predicted molar refractivity (Wildman–Crippen MR) is 92.1 cm³/mol. The highest BCUT2D eigenvalue weighted by molar-refractivity contribution is 5.83. The number of hydrogen-bond donors (Lipinski definition) is 3. The molecule has 122 valence electrons. The van der Waals surface area contributed by atoms with E-state index in [4.69, 9.17) is 0 Å². The molecule has 3 rings (SSSR count). The monoisotopic (exact) mass is 312 g/mol. The van der Waals surface area contributed by atoms with Crippen molar-refractivity contribution in [3.8, 4) is 0 Å². The summed E-state index contributed by atoms with van der Waals surface area (Å²) in [6, 6.07) is 14.3. The van der Waals surface area contributed by atoms with Crippen LogP contribution in [-0.2, 0) is 4.79 Å². The Balaban J connectivity index is 1.59. The molecule has 3 atom stereocenters. The van der Waals surface area contributed by atoms with E-state index in [9.17, 15) is 9.90 Å². The topological polar surface area (TPSA) is 61.4 Å². The zero-order chi connectivity index (χ0) is 16.2. The Bertz CT molecular complexity index is 686. The maximum Gasteiger partial charge on any atom is 0.223 e. The van der Waals surface area contributed by atoms with Gasteiger partial charge in [0.2, 0.25) is 5.91 Å². The zero-order valence-corrected chi connectivity index (χ0v) is 13.5. The van der Waals surface area contributed by atoms with Crippen molar-refractivity contribution in [1.29, 1.82) is 0 Å². The van der Waals surface area contributed by atoms with Gasteiger partial charge < -0.3 is 15.7 Å². The zero-order valence-electron chi connectivity index (χ0n) is 13.5. The first-order valence-electron chi connectivity index (χ1n) is 8.31. The molecule has 0 bridgehead atoms. The Labute approximate surface area is 136 Å². The number of aliphatic hydroxyl groups is 1. The molecule has 4 heteroatoms. The Morgan fingerprint density at radius 1 is 1.30 bits per heavy atom. The fraction of sp³-hybridized carbons (Fsp3) is 0.421. The molecule has 0 aliphatic carbocycles. The van der Waals surface area contributed by atoms with Gasteiger partial charge in [0.25, 0.3) is 0 Å². The number of aliphatic hydroxyl groups excluding tert-OH is 1. The normalized spacial score (nSPS) is 22.7. The second-order valence-electron chi connectivity index (χ2n) is 6.44. The van der Waals surface area contributed by atoms with Crippen LogP contribution in [0.15, 0.2) is 42.5 Å². The molecule has 1 fully saturated rings. The van der Waals surface area contributed by atoms with E-state index in [0.29, 0.717) is 6.04 Å². The van der Waals surface area contributed by atoms with Crippen LogP contribution < -0.4 is 10.6 Å². The van der Waals surface area contributed by atoms with Crippen molar-refractivity contribution in [3.05, 3.63) is 48.0 Å². The van der Waals surface area contributed by atoms with Gasteiger partial charge in [0.1, 0.15) is 0 Å². The number of rotatable bonds is 4. The van der Waals surface area contributed by atoms with Crippen molar-refractivity contribution in [1.82, 2.24) is 10.6 Å². The van der Waals surface area contributed by atoms with Gasteiger partial charge in [0.05, 0.1) is 6.10 Å². The van der Waals surface area contributed by atoms with Crippen molar-refractivity contribution in [2.24, 2.45) is 5.92 Å². The van der Waals surface area contributed by atoms with Crippen LogP contribution >= 0.6 is 0 Å². The third kappa shape index (κ3) is 3.89. The highest BCUT2D eigenvalue weighted by atomic mass is 16.3. The van der Waals surface area contributed by atoms with E-state index in [1.54, 1.807) is 0 Å². The fourth-order valence-electron chi connectivity index (χ4n) is 3.24. The number of piperidine rings is 1. The van der Waals surface area contributed by atoms with Gasteiger partial charge >= 0.3 is 0 Å². The van der Waals surface area contributed by atoms with E-state index in [1.807, 2.05) is 42.5 Å². The molecule has 1 amide bonds. The molecule has 4 nitrogen and oxygen atoms in total. The second-order valence-corrected chi connectivity index (χ2v) is 6.44. The van der Waals surface area contributed by atoms with E-state index in [0.717, 1.165) is 35.7 Å². The van der Waals surface area contributed by atoms with Crippen LogP contribution in [0.1, 0.15) is 31.4 Å². The number of nitrogens with one attached hydrogen (secondary N) is 2. The largest absolute Gasteiger partial charge is 0.387 e. The molecule has 0 saturated carbocycles. The van der Waals surface area contributed by atoms with Crippen LogP contribution in [0.5, 0.6) is 0 Å². The average Bonchev–Trinajstić information content (AvgIpc) is 2.59. The van der Waals surface area contributed by atoms with E-state index in [-0.39, 0.29) is 18.4 Å². The molecule has 1 aliphatic heterocycles. The van der Waals surface area contributed by atoms with Crippen molar-refractivity contribution >= 4 is 16.7 Å². The van der Waals surface area contributed by atoms with Crippen molar-refractivity contribution in [3.63, 3.8) is 0 Å². The highest BCUT2D eigenvalue weighted by Gasteiger charge is 2.24. The first-order chi connectivity index (χ1) is 11.1. The summed E-state index contributed by atoms with van der Waals surface area (Å²) in [6.45, 7) is 3.24. The van der Waals surface area contributed by atoms with Crippen molar-refractivity contribution in [2.45, 2.75) is 31.9 Å². The summed E-state index contributed by atoms with van der Waals surface area (Å²) in [5, 5.41) is 18.8. The van der Waals surface area contributed by atoms with Gasteiger partial charge in [-0.25, -0.2) is 0 Å². The Hall–Kier alpha value is -1.91. The molecule has 0 aromatic heterocycles. The Morgan fingerprint density at radius 3 is 2.87 bits per heavy atom. The molecule has 1 aliphatic rings. The summed E-state index contributed by atoms with van der Waals surface area (Å²) in [6.07, 6.45) is 1.04. The molecule has 1 heterocycles. The summed E-state index contributed by atoms with van der Waals surface area (Å²) in [7, 11) is 0. The van der Waals surface area contributed by atoms with Crippen molar-refractivity contribution < 1.29 is 9.90 Å². The van der Waals surface area contributed by atoms with Crippen LogP contribution in [0.25, 0.3) is 10.8 Å². The Kier molecular flexibility index (Phi) is 4.94. The fourth-order valence-corrected chi connectivity index (χ4v) is 3.24. The first-order valence-corrected chi connectivity index (χ1v) is 8.31. The molecule has 1 unspecified atom stereocenters. The number of carbonyl (C=O) groups is 1. The molecule has 0 radical (unpaired) electrons. The number of benzene rings is 2. The highest BCUT2D eigenvalue weighted by Crippen LogP contribution is 2.21. The third-order valence-electron chi connectivity index (χ3n) is 4.62. The summed E-state index contributed by atoms with van der Waals surface area (Å²) < 4.78 is 0. The average molecular weight is 312 g/mol. The van der Waals surface area contributed by atoms with Gasteiger partial charge in [-0.3, -0.25) is 4.79 Å². The molecular weight excluding hydrogens is 288 g/mol. The SMILES string of the molecule is C[C@H]1C[C@@H](C(=O)NCC(O)c2ccc3ccccc3c2)CCN1. The van der Waals surface area contributed by atoms with Gasteiger partial charge in [-0.15, -0.1) is 0 Å². The summed E-state index contributed by atoms with van der Waals surface area (Å²) in [4.78, 5) is 12.2. The maximum atomic E-state index is 12.2. The summed E-state index contributed by atoms with van der Waals surface area (Å²) in [5.41, 5.74) is 0.836. The number of fused-ring (bicyclic) bond motifs is 1. The lowest BCUT2D eigenvalue weighted by atomic mass is 9.92. The Morgan fingerprint density at radius 2 is 2.09 bits per heavy atom. The quantitative estimate of drug-likeness (QED) is 0.812. The number of amides is 1. The molecule has 2 aromatic carbocycles. The van der Waals surface area contributed by atoms with Crippen molar-refractivity contribution in [2.75, 3.05) is 13.1 Å². The molecular formula is C19H24N2O2. The number of hydrogen-bond acceptors (Lipinski definition) is 3. The molecule has 1 saturated heterocycles. The van der Waals surface area contributed by atoms with E-state index in [2.05, 4.69) is 17.6 Å². The minimum absolute atomic E-state index is 0.0510. The lowest BCUT2D eigenvalue weighted by Crippen LogP contribution is -2.43. The number of carbonyl (C=O) groups excluding carboxylic acids is 1. The van der Waals surface area contributed by atoms with Crippen LogP contribution in [0.3, 0.4) is 0 Å². The smallest absolute Gasteiger partial charge is 0.223 e. The predicted octanol–water partition coefficient (Wildman–Crippen LogP) is 2.38. The minimum atomic E-state index is -0.678. The van der Waals surface area contributed by atoms with Crippen LogP contribution in [0.4, 0.5) is 0 Å². The minimum Gasteiger partial charge on any atom is -0.387 e. The lowest BCUT2D eigenvalue weighted by molar-refractivity contribution is -0.126. The molecule has 0 spiro atoms.